The van der Waals surface area contributed by atoms with E-state index in [9.17, 15) is 0 Å². The standard InChI is InChI=1S/C51H33N/c1-3-15-33(16-4-1)35-27-29-47-45(31-35)50(41-23-11-7-19-37(41)38-20-8-12-24-42(38)50)49-51(43-25-13-9-21-39(43)40-22-10-14-26-44(40)51)46-32-36(28-30-48(46)52(47)49)34-17-5-2-6-18-34/h1-32,49H. The van der Waals surface area contributed by atoms with Gasteiger partial charge in [0.15, 0.2) is 0 Å². The average Bonchev–Trinajstić information content (AvgIpc) is 3.90. The van der Waals surface area contributed by atoms with Crippen molar-refractivity contribution in [2.24, 2.45) is 0 Å². The molecule has 2 spiro atoms. The van der Waals surface area contributed by atoms with Gasteiger partial charge >= 0.3 is 0 Å². The molecule has 0 unspecified atom stereocenters. The normalized spacial score (nSPS) is 15.9. The molecular weight excluding hydrogens is 627 g/mol. The molecule has 12 rings (SSSR count). The molecule has 2 aliphatic carbocycles. The van der Waals surface area contributed by atoms with Gasteiger partial charge in [-0.1, -0.05) is 170 Å². The number of fused-ring (bicyclic) bond motifs is 19. The monoisotopic (exact) mass is 659 g/mol. The van der Waals surface area contributed by atoms with E-state index in [1.54, 1.807) is 0 Å². The van der Waals surface area contributed by atoms with Crippen LogP contribution in [0.1, 0.15) is 33.4 Å². The highest BCUT2D eigenvalue weighted by molar-refractivity contribution is 5.99. The molecule has 0 N–H and O–H groups in total. The molecule has 52 heavy (non-hydrogen) atoms. The lowest BCUT2D eigenvalue weighted by atomic mass is 9.57. The molecule has 0 saturated carbocycles. The van der Waals surface area contributed by atoms with Crippen LogP contribution in [0.4, 0.5) is 11.4 Å². The van der Waals surface area contributed by atoms with Crippen molar-refractivity contribution in [3.05, 3.63) is 228 Å². The molecule has 0 fully saturated rings. The molecule has 0 atom stereocenters. The first kappa shape index (κ1) is 28.3. The molecule has 2 heterocycles. The van der Waals surface area contributed by atoms with E-state index in [0.29, 0.717) is 0 Å². The summed E-state index contributed by atoms with van der Waals surface area (Å²) in [6.07, 6.45) is 0. The second-order valence-electron chi connectivity index (χ2n) is 14.8. The Kier molecular flexibility index (Phi) is 5.48. The predicted octanol–water partition coefficient (Wildman–Crippen LogP) is 12.2. The number of rotatable bonds is 2. The van der Waals surface area contributed by atoms with Crippen molar-refractivity contribution in [1.29, 1.82) is 0 Å². The van der Waals surface area contributed by atoms with Gasteiger partial charge in [0.2, 0.25) is 0 Å². The van der Waals surface area contributed by atoms with Crippen LogP contribution < -0.4 is 4.90 Å². The maximum absolute atomic E-state index is 2.76. The summed E-state index contributed by atoms with van der Waals surface area (Å²) in [5.74, 6) is 0. The summed E-state index contributed by atoms with van der Waals surface area (Å²) in [6, 6.07) is 73.4. The minimum absolute atomic E-state index is 0.00310. The minimum atomic E-state index is -0.468. The van der Waals surface area contributed by atoms with Crippen molar-refractivity contribution in [3.8, 4) is 44.5 Å². The molecule has 0 radical (unpaired) electrons. The lowest BCUT2D eigenvalue weighted by Gasteiger charge is -2.45. The van der Waals surface area contributed by atoms with Gasteiger partial charge in [0.1, 0.15) is 0 Å². The third kappa shape index (κ3) is 3.26. The Labute approximate surface area is 304 Å². The first-order chi connectivity index (χ1) is 25.8. The Balaban J connectivity index is 1.28. The van der Waals surface area contributed by atoms with Crippen LogP contribution in [-0.2, 0) is 10.8 Å². The van der Waals surface area contributed by atoms with Crippen LogP contribution in [0.2, 0.25) is 0 Å². The topological polar surface area (TPSA) is 3.24 Å². The molecule has 0 aromatic heterocycles. The van der Waals surface area contributed by atoms with Crippen molar-refractivity contribution < 1.29 is 0 Å². The van der Waals surface area contributed by atoms with Gasteiger partial charge in [-0.15, -0.1) is 0 Å². The lowest BCUT2D eigenvalue weighted by Crippen LogP contribution is -2.53. The zero-order valence-electron chi connectivity index (χ0n) is 28.5. The first-order valence-electron chi connectivity index (χ1n) is 18.4. The zero-order valence-corrected chi connectivity index (χ0v) is 28.5. The fraction of sp³-hybridized carbons (Fsp3) is 0.0588. The summed E-state index contributed by atoms with van der Waals surface area (Å²) in [6.45, 7) is 0. The van der Waals surface area contributed by atoms with E-state index in [2.05, 4.69) is 199 Å². The van der Waals surface area contributed by atoms with Crippen LogP contribution in [0.15, 0.2) is 194 Å². The molecule has 8 aromatic rings. The Bertz CT molecular complexity index is 2480. The third-order valence-corrected chi connectivity index (χ3v) is 12.6. The maximum Gasteiger partial charge on any atom is 0.0706 e. The van der Waals surface area contributed by atoms with Gasteiger partial charge in [-0.3, -0.25) is 0 Å². The Hall–Kier alpha value is -6.44. The van der Waals surface area contributed by atoms with Gasteiger partial charge in [0.25, 0.3) is 0 Å². The highest BCUT2D eigenvalue weighted by Gasteiger charge is 2.70. The molecule has 2 aliphatic heterocycles. The van der Waals surface area contributed by atoms with E-state index in [-0.39, 0.29) is 6.04 Å². The number of hydrogen-bond acceptors (Lipinski definition) is 1. The average molecular weight is 660 g/mol. The molecule has 1 heteroatoms. The first-order valence-corrected chi connectivity index (χ1v) is 18.4. The fourth-order valence-corrected chi connectivity index (χ4v) is 10.9. The number of nitrogens with zero attached hydrogens (tertiary/aromatic N) is 1. The summed E-state index contributed by atoms with van der Waals surface area (Å²) < 4.78 is 0. The van der Waals surface area contributed by atoms with Crippen molar-refractivity contribution >= 4 is 11.4 Å². The summed E-state index contributed by atoms with van der Waals surface area (Å²) in [7, 11) is 0. The van der Waals surface area contributed by atoms with Crippen molar-refractivity contribution in [3.63, 3.8) is 0 Å². The van der Waals surface area contributed by atoms with Crippen LogP contribution in [0.3, 0.4) is 0 Å². The molecule has 0 saturated heterocycles. The van der Waals surface area contributed by atoms with Crippen molar-refractivity contribution in [1.82, 2.24) is 0 Å². The van der Waals surface area contributed by atoms with E-state index in [0.717, 1.165) is 0 Å². The van der Waals surface area contributed by atoms with Gasteiger partial charge in [-0.25, -0.2) is 0 Å². The molecule has 242 valence electrons. The minimum Gasteiger partial charge on any atom is -0.335 e. The molecular formula is C51H33N. The Morgan fingerprint density at radius 3 is 0.981 bits per heavy atom. The van der Waals surface area contributed by atoms with Crippen LogP contribution >= 0.6 is 0 Å². The Morgan fingerprint density at radius 1 is 0.288 bits per heavy atom. The van der Waals surface area contributed by atoms with Crippen molar-refractivity contribution in [2.45, 2.75) is 16.9 Å². The number of anilines is 2. The molecule has 4 aliphatic rings. The van der Waals surface area contributed by atoms with Gasteiger partial charge in [0, 0.05) is 11.4 Å². The van der Waals surface area contributed by atoms with Gasteiger partial charge < -0.3 is 4.90 Å². The molecule has 0 bridgehead atoms. The number of benzene rings is 8. The van der Waals surface area contributed by atoms with E-state index >= 15 is 0 Å². The summed E-state index contributed by atoms with van der Waals surface area (Å²) in [5, 5.41) is 0. The highest BCUT2D eigenvalue weighted by Crippen LogP contribution is 2.73. The largest absolute Gasteiger partial charge is 0.335 e. The van der Waals surface area contributed by atoms with Crippen LogP contribution in [0.5, 0.6) is 0 Å². The highest BCUT2D eigenvalue weighted by atomic mass is 15.3. The quantitative estimate of drug-likeness (QED) is 0.179. The van der Waals surface area contributed by atoms with Gasteiger partial charge in [0.05, 0.1) is 16.9 Å². The second kappa shape index (κ2) is 10.1. The molecule has 1 nitrogen and oxygen atoms in total. The van der Waals surface area contributed by atoms with Crippen LogP contribution in [0, 0.1) is 0 Å². The van der Waals surface area contributed by atoms with Crippen LogP contribution in [0.25, 0.3) is 44.5 Å². The summed E-state index contributed by atoms with van der Waals surface area (Å²) in [4.78, 5) is 2.76. The van der Waals surface area contributed by atoms with Gasteiger partial charge in [-0.05, 0) is 102 Å². The Morgan fingerprint density at radius 2 is 0.615 bits per heavy atom. The van der Waals surface area contributed by atoms with Crippen molar-refractivity contribution in [2.75, 3.05) is 4.90 Å². The summed E-state index contributed by atoms with van der Waals surface area (Å²) >= 11 is 0. The third-order valence-electron chi connectivity index (χ3n) is 12.6. The van der Waals surface area contributed by atoms with Crippen LogP contribution in [-0.4, -0.2) is 6.04 Å². The lowest BCUT2D eigenvalue weighted by molar-refractivity contribution is 0.418. The second-order valence-corrected chi connectivity index (χ2v) is 14.8. The maximum atomic E-state index is 2.76. The summed E-state index contributed by atoms with van der Waals surface area (Å²) in [5.41, 5.74) is 20.4. The predicted molar refractivity (Wildman–Crippen MR) is 213 cm³/mol. The number of hydrogen-bond donors (Lipinski definition) is 0. The molecule has 0 amide bonds. The SMILES string of the molecule is c1ccc(-c2ccc3c(c2)C2(c4ccccc4-c4ccccc42)C2N3c3ccc(-c4ccccc4)cc3C23c2ccccc2-c2ccccc23)cc1. The van der Waals surface area contributed by atoms with Gasteiger partial charge in [-0.2, -0.15) is 0 Å². The molecule has 8 aromatic carbocycles. The van der Waals surface area contributed by atoms with E-state index in [4.69, 9.17) is 0 Å². The van der Waals surface area contributed by atoms with E-state index in [1.807, 2.05) is 0 Å². The van der Waals surface area contributed by atoms with E-state index in [1.165, 1.54) is 89.3 Å². The van der Waals surface area contributed by atoms with E-state index < -0.39 is 10.8 Å². The smallest absolute Gasteiger partial charge is 0.0706 e. The zero-order chi connectivity index (χ0) is 34.0. The fourth-order valence-electron chi connectivity index (χ4n) is 10.9.